The number of nitrogens with one attached hydrogen (secondary N) is 2. The van der Waals surface area contributed by atoms with Crippen LogP contribution in [0.3, 0.4) is 0 Å². The molecular weight excluding hydrogens is 463 g/mol. The van der Waals surface area contributed by atoms with Crippen LogP contribution in [0.4, 0.5) is 11.5 Å². The number of amides is 1. The molecule has 5 rings (SSSR count). The lowest BCUT2D eigenvalue weighted by Crippen LogP contribution is -2.23. The Balaban J connectivity index is 1.58. The summed E-state index contributed by atoms with van der Waals surface area (Å²) in [5.41, 5.74) is 5.07. The molecule has 1 aromatic carbocycles. The molecule has 0 saturated heterocycles. The minimum absolute atomic E-state index is 0.209. The van der Waals surface area contributed by atoms with Crippen LogP contribution < -0.4 is 21.7 Å². The third kappa shape index (κ3) is 4.23. The number of rotatable bonds is 4. The first kappa shape index (κ1) is 24.2. The van der Waals surface area contributed by atoms with Gasteiger partial charge in [0.15, 0.2) is 0 Å². The van der Waals surface area contributed by atoms with Gasteiger partial charge in [0.1, 0.15) is 25.2 Å². The van der Waals surface area contributed by atoms with Gasteiger partial charge in [-0.1, -0.05) is 11.5 Å². The molecule has 0 unspecified atom stereocenters. The second kappa shape index (κ2) is 9.17. The molecule has 3 aliphatic rings. The number of aromatic nitrogens is 4. The van der Waals surface area contributed by atoms with Gasteiger partial charge in [-0.05, 0) is 61.7 Å². The van der Waals surface area contributed by atoms with Gasteiger partial charge in [0, 0.05) is 49.3 Å². The Bertz CT molecular complexity index is 1630. The molecule has 2 radical (unpaired) electrons. The summed E-state index contributed by atoms with van der Waals surface area (Å²) in [7, 11) is 8.35. The van der Waals surface area contributed by atoms with Gasteiger partial charge < -0.3 is 15.2 Å². The van der Waals surface area contributed by atoms with E-state index in [4.69, 9.17) is 7.85 Å². The summed E-state index contributed by atoms with van der Waals surface area (Å²) in [6.07, 6.45) is 3.30. The van der Waals surface area contributed by atoms with Crippen LogP contribution in [0, 0.1) is 18.3 Å². The zero-order valence-electron chi connectivity index (χ0n) is 21.1. The number of hydrogen-bond donors (Lipinski definition) is 2. The van der Waals surface area contributed by atoms with Gasteiger partial charge in [0.05, 0.1) is 11.5 Å². The highest BCUT2D eigenvalue weighted by atomic mass is 16.1. The Hall–Kier alpha value is -4.52. The number of pyridine rings is 2. The van der Waals surface area contributed by atoms with Gasteiger partial charge in [0.2, 0.25) is 5.62 Å². The van der Waals surface area contributed by atoms with Gasteiger partial charge in [-0.2, -0.15) is 10.2 Å². The van der Waals surface area contributed by atoms with Crippen molar-refractivity contribution in [3.05, 3.63) is 65.2 Å². The summed E-state index contributed by atoms with van der Waals surface area (Å²) in [5.74, 6) is 1.29. The van der Waals surface area contributed by atoms with Crippen LogP contribution in [0.25, 0.3) is 22.5 Å². The van der Waals surface area contributed by atoms with Crippen LogP contribution in [0.5, 0.6) is 0 Å². The fourth-order valence-electron chi connectivity index (χ4n) is 4.55. The normalized spacial score (nSPS) is 13.2. The van der Waals surface area contributed by atoms with E-state index in [0.717, 1.165) is 47.0 Å². The molecule has 0 saturated carbocycles. The van der Waals surface area contributed by atoms with E-state index in [1.807, 2.05) is 19.1 Å². The lowest BCUT2D eigenvalue weighted by Gasteiger charge is -2.21. The predicted octanol–water partition coefficient (Wildman–Crippen LogP) is 2.56. The molecule has 0 atom stereocenters. The summed E-state index contributed by atoms with van der Waals surface area (Å²) >= 11 is 0. The Labute approximate surface area is 216 Å². The molecule has 2 aromatic rings. The van der Waals surface area contributed by atoms with Crippen molar-refractivity contribution >= 4 is 30.7 Å². The number of hydrogen-bond acceptors (Lipinski definition) is 7. The molecular formula is C27H25BN8O. The highest BCUT2D eigenvalue weighted by Crippen LogP contribution is 2.37. The monoisotopic (exact) mass is 488 g/mol. The van der Waals surface area contributed by atoms with Crippen molar-refractivity contribution in [2.75, 3.05) is 24.2 Å². The maximum absolute atomic E-state index is 13.1. The molecule has 4 heterocycles. The summed E-state index contributed by atoms with van der Waals surface area (Å²) < 4.78 is 2.11. The molecule has 1 amide bonds. The van der Waals surface area contributed by atoms with Crippen molar-refractivity contribution in [2.24, 2.45) is 4.99 Å². The first-order chi connectivity index (χ1) is 17.7. The van der Waals surface area contributed by atoms with Crippen LogP contribution in [-0.4, -0.2) is 46.9 Å². The van der Waals surface area contributed by atoms with Crippen molar-refractivity contribution in [3.63, 3.8) is 0 Å². The predicted molar refractivity (Wildman–Crippen MR) is 143 cm³/mol. The van der Waals surface area contributed by atoms with Crippen molar-refractivity contribution in [1.29, 1.82) is 5.26 Å². The number of benzene rings is 1. The minimum atomic E-state index is -0.745. The number of nitriles is 1. The van der Waals surface area contributed by atoms with Gasteiger partial charge >= 0.3 is 0 Å². The Morgan fingerprint density at radius 2 is 2.08 bits per heavy atom. The van der Waals surface area contributed by atoms with E-state index < -0.39 is 11.3 Å². The summed E-state index contributed by atoms with van der Waals surface area (Å²) in [6.45, 7) is 7.08. The van der Waals surface area contributed by atoms with Crippen LogP contribution in [0.2, 0.25) is 0 Å². The molecule has 0 bridgehead atoms. The van der Waals surface area contributed by atoms with E-state index in [9.17, 15) is 10.1 Å². The Morgan fingerprint density at radius 3 is 2.84 bits per heavy atom. The quantitative estimate of drug-likeness (QED) is 0.426. The second-order valence-corrected chi connectivity index (χ2v) is 9.50. The summed E-state index contributed by atoms with van der Waals surface area (Å²) in [5, 5.41) is 15.8. The van der Waals surface area contributed by atoms with E-state index in [1.165, 1.54) is 6.20 Å². The Kier molecular flexibility index (Phi) is 6.00. The van der Waals surface area contributed by atoms with Gasteiger partial charge in [-0.25, -0.2) is 4.98 Å². The van der Waals surface area contributed by atoms with E-state index in [1.54, 1.807) is 45.3 Å². The third-order valence-electron chi connectivity index (χ3n) is 6.66. The number of aryl methyl sites for hydroxylation is 1. The topological polar surface area (TPSA) is 121 Å². The van der Waals surface area contributed by atoms with Crippen LogP contribution in [0.1, 0.15) is 35.5 Å². The fraction of sp³-hybridized carbons (Fsp3) is 0.259. The maximum atomic E-state index is 13.1. The van der Waals surface area contributed by atoms with Crippen molar-refractivity contribution in [3.8, 4) is 28.6 Å². The lowest BCUT2D eigenvalue weighted by atomic mass is 9.82. The fourth-order valence-corrected chi connectivity index (χ4v) is 4.55. The van der Waals surface area contributed by atoms with E-state index >= 15 is 0 Å². The smallest absolute Gasteiger partial charge is 0.274 e. The molecule has 3 aliphatic heterocycles. The van der Waals surface area contributed by atoms with Crippen molar-refractivity contribution in [1.82, 2.24) is 19.5 Å². The largest absolute Gasteiger partial charge is 0.369 e. The first-order valence-electron chi connectivity index (χ1n) is 11.9. The third-order valence-corrected chi connectivity index (χ3v) is 6.66. The molecule has 0 aliphatic carbocycles. The molecule has 1 aromatic heterocycles. The maximum Gasteiger partial charge on any atom is 0.274 e. The zero-order valence-corrected chi connectivity index (χ0v) is 21.1. The molecule has 9 nitrogen and oxygen atoms in total. The molecule has 182 valence electrons. The molecule has 0 fully saturated rings. The highest BCUT2D eigenvalue weighted by Gasteiger charge is 2.25. The number of carbonyl (C=O) groups is 1. The van der Waals surface area contributed by atoms with Gasteiger partial charge in [0.25, 0.3) is 5.91 Å². The highest BCUT2D eigenvalue weighted by molar-refractivity contribution is 6.40. The van der Waals surface area contributed by atoms with E-state index in [2.05, 4.69) is 41.2 Å². The summed E-state index contributed by atoms with van der Waals surface area (Å²) in [4.78, 5) is 30.4. The average molecular weight is 488 g/mol. The minimum Gasteiger partial charge on any atom is -0.369 e. The van der Waals surface area contributed by atoms with Gasteiger partial charge in [-0.15, -0.1) is 0 Å². The van der Waals surface area contributed by atoms with Crippen molar-refractivity contribution in [2.45, 2.75) is 32.7 Å². The molecule has 2 N–H and O–H groups in total. The number of nitrogens with zero attached hydrogens (tertiary/aromatic N) is 6. The van der Waals surface area contributed by atoms with Crippen LogP contribution in [-0.2, 0) is 12.0 Å². The molecule has 0 spiro atoms. The number of anilines is 2. The number of fused-ring (bicyclic) bond motifs is 3. The SMILES string of the molecule is [B]c1c(NC(=O)c2cc(C(C)(C)C#N)ccn2)ccc(C)c1-c1cc2cnc(=NC)nc-2n2c1NCC2. The molecule has 10 heteroatoms. The first-order valence-corrected chi connectivity index (χ1v) is 11.9. The zero-order chi connectivity index (χ0) is 26.3. The average Bonchev–Trinajstić information content (AvgIpc) is 3.41. The second-order valence-electron chi connectivity index (χ2n) is 9.50. The number of carbonyl (C=O) groups excluding carboxylic acids is 1. The standard InChI is InChI=1S/C27H25BN8O/c1-15-5-6-19(34-25(37)20-12-17(7-8-31-20)27(2,3)14-29)22(28)21(15)18-11-16-13-33-26(30-4)35-23(16)36-10-9-32-24(18)36/h5-8,11-13,32H,9-10H2,1-4H3,(H,34,37). The lowest BCUT2D eigenvalue weighted by molar-refractivity contribution is 0.102. The Morgan fingerprint density at radius 1 is 1.27 bits per heavy atom. The van der Waals surface area contributed by atoms with Crippen LogP contribution in [0.15, 0.2) is 47.7 Å². The van der Waals surface area contributed by atoms with E-state index in [0.29, 0.717) is 22.3 Å². The molecule has 37 heavy (non-hydrogen) atoms. The van der Waals surface area contributed by atoms with Crippen LogP contribution >= 0.6 is 0 Å². The van der Waals surface area contributed by atoms with Crippen molar-refractivity contribution < 1.29 is 4.79 Å². The van der Waals surface area contributed by atoms with Gasteiger partial charge in [-0.3, -0.25) is 14.8 Å². The summed E-state index contributed by atoms with van der Waals surface area (Å²) in [6, 6.07) is 11.4. The van der Waals surface area contributed by atoms with E-state index in [-0.39, 0.29) is 5.69 Å².